The van der Waals surface area contributed by atoms with E-state index in [9.17, 15) is 0 Å². The molecule has 1 aliphatic rings. The Morgan fingerprint density at radius 2 is 2.00 bits per heavy atom. The zero-order valence-corrected chi connectivity index (χ0v) is 10.3. The molecule has 0 atom stereocenters. The number of nitrogens with zero attached hydrogens (tertiary/aromatic N) is 2. The summed E-state index contributed by atoms with van der Waals surface area (Å²) in [6, 6.07) is 8.70. The fraction of sp³-hybridized carbons (Fsp3) is 0.429. The maximum atomic E-state index is 3.29. The Bertz CT molecular complexity index is 503. The summed E-state index contributed by atoms with van der Waals surface area (Å²) in [7, 11) is 2.21. The number of aromatic nitrogens is 1. The van der Waals surface area contributed by atoms with Crippen molar-refractivity contribution >= 4 is 16.6 Å². The molecule has 0 radical (unpaired) electrons. The van der Waals surface area contributed by atoms with Crippen LogP contribution in [-0.4, -0.2) is 43.1 Å². The third kappa shape index (κ3) is 2.03. The monoisotopic (exact) mass is 229 g/mol. The lowest BCUT2D eigenvalue weighted by molar-refractivity contribution is 0.360. The van der Waals surface area contributed by atoms with Crippen LogP contribution >= 0.6 is 0 Å². The van der Waals surface area contributed by atoms with Gasteiger partial charge in [0.25, 0.3) is 0 Å². The molecule has 0 unspecified atom stereocenters. The molecule has 1 saturated heterocycles. The summed E-state index contributed by atoms with van der Waals surface area (Å²) in [6.45, 7) is 4.65. The highest BCUT2D eigenvalue weighted by atomic mass is 15.2. The van der Waals surface area contributed by atoms with Crippen molar-refractivity contribution in [3.05, 3.63) is 30.5 Å². The zero-order valence-electron chi connectivity index (χ0n) is 10.3. The van der Waals surface area contributed by atoms with Crippen LogP contribution in [0.1, 0.15) is 6.42 Å². The molecule has 0 amide bonds. The third-order valence-electron chi connectivity index (χ3n) is 3.63. The van der Waals surface area contributed by atoms with Crippen molar-refractivity contribution in [1.29, 1.82) is 0 Å². The molecule has 3 rings (SSSR count). The predicted molar refractivity (Wildman–Crippen MR) is 72.6 cm³/mol. The standard InChI is InChI=1S/C14H19N3/c1-16-8-3-9-17(11-10-16)14-5-2-4-13-12(14)6-7-15-13/h2,4-7,15H,3,8-11H2,1H3. The van der Waals surface area contributed by atoms with E-state index in [0.717, 1.165) is 19.6 Å². The summed E-state index contributed by atoms with van der Waals surface area (Å²) in [5.74, 6) is 0. The number of aromatic amines is 1. The molecule has 0 aliphatic carbocycles. The normalized spacial score (nSPS) is 18.5. The fourth-order valence-electron chi connectivity index (χ4n) is 2.63. The molecule has 90 valence electrons. The Kier molecular flexibility index (Phi) is 2.77. The van der Waals surface area contributed by atoms with E-state index >= 15 is 0 Å². The number of hydrogen-bond donors (Lipinski definition) is 1. The molecule has 0 spiro atoms. The zero-order chi connectivity index (χ0) is 11.7. The predicted octanol–water partition coefficient (Wildman–Crippen LogP) is 2.31. The number of anilines is 1. The first-order valence-corrected chi connectivity index (χ1v) is 6.34. The number of nitrogens with one attached hydrogen (secondary N) is 1. The molecule has 2 heterocycles. The lowest BCUT2D eigenvalue weighted by Crippen LogP contribution is -2.28. The van der Waals surface area contributed by atoms with Gasteiger partial charge >= 0.3 is 0 Å². The van der Waals surface area contributed by atoms with Gasteiger partial charge in [-0.1, -0.05) is 6.07 Å². The van der Waals surface area contributed by atoms with Crippen LogP contribution in [0.25, 0.3) is 10.9 Å². The summed E-state index contributed by atoms with van der Waals surface area (Å²) < 4.78 is 0. The molecule has 17 heavy (non-hydrogen) atoms. The Morgan fingerprint density at radius 3 is 2.94 bits per heavy atom. The van der Waals surface area contributed by atoms with E-state index in [4.69, 9.17) is 0 Å². The van der Waals surface area contributed by atoms with Gasteiger partial charge in [0.15, 0.2) is 0 Å². The third-order valence-corrected chi connectivity index (χ3v) is 3.63. The molecule has 0 saturated carbocycles. The van der Waals surface area contributed by atoms with Crippen LogP contribution in [0, 0.1) is 0 Å². The SMILES string of the molecule is CN1CCCN(c2cccc3[nH]ccc23)CC1. The average Bonchev–Trinajstić information content (AvgIpc) is 2.72. The van der Waals surface area contributed by atoms with Gasteiger partial charge in [0.2, 0.25) is 0 Å². The largest absolute Gasteiger partial charge is 0.370 e. The molecule has 0 bridgehead atoms. The molecule has 1 aliphatic heterocycles. The van der Waals surface area contributed by atoms with Gasteiger partial charge in [0, 0.05) is 42.4 Å². The average molecular weight is 229 g/mol. The molecule has 1 fully saturated rings. The first-order valence-electron chi connectivity index (χ1n) is 6.34. The minimum absolute atomic E-state index is 1.13. The first-order chi connectivity index (χ1) is 8.34. The summed E-state index contributed by atoms with van der Waals surface area (Å²) in [4.78, 5) is 8.21. The summed E-state index contributed by atoms with van der Waals surface area (Å²) in [5.41, 5.74) is 2.61. The van der Waals surface area contributed by atoms with Crippen molar-refractivity contribution in [2.75, 3.05) is 38.1 Å². The second-order valence-corrected chi connectivity index (χ2v) is 4.86. The molecular formula is C14H19N3. The highest BCUT2D eigenvalue weighted by Crippen LogP contribution is 2.26. The number of benzene rings is 1. The van der Waals surface area contributed by atoms with Crippen molar-refractivity contribution < 1.29 is 0 Å². The van der Waals surface area contributed by atoms with Crippen LogP contribution in [0.4, 0.5) is 5.69 Å². The van der Waals surface area contributed by atoms with E-state index in [-0.39, 0.29) is 0 Å². The lowest BCUT2D eigenvalue weighted by Gasteiger charge is -2.23. The topological polar surface area (TPSA) is 22.3 Å². The Balaban J connectivity index is 1.94. The van der Waals surface area contributed by atoms with Gasteiger partial charge in [-0.25, -0.2) is 0 Å². The summed E-state index contributed by atoms with van der Waals surface area (Å²) in [6.07, 6.45) is 3.27. The van der Waals surface area contributed by atoms with Crippen molar-refractivity contribution in [3.63, 3.8) is 0 Å². The van der Waals surface area contributed by atoms with Crippen LogP contribution in [0.2, 0.25) is 0 Å². The van der Waals surface area contributed by atoms with Gasteiger partial charge in [0.05, 0.1) is 0 Å². The van der Waals surface area contributed by atoms with Crippen molar-refractivity contribution in [1.82, 2.24) is 9.88 Å². The Labute approximate surface area is 102 Å². The first kappa shape index (κ1) is 10.7. The lowest BCUT2D eigenvalue weighted by atomic mass is 10.2. The second kappa shape index (κ2) is 4.41. The highest BCUT2D eigenvalue weighted by molar-refractivity contribution is 5.92. The van der Waals surface area contributed by atoms with Gasteiger partial charge in [-0.05, 0) is 38.2 Å². The maximum Gasteiger partial charge on any atom is 0.0474 e. The number of rotatable bonds is 1. The molecule has 3 heteroatoms. The van der Waals surface area contributed by atoms with Crippen LogP contribution < -0.4 is 4.90 Å². The second-order valence-electron chi connectivity index (χ2n) is 4.86. The van der Waals surface area contributed by atoms with Crippen molar-refractivity contribution in [2.45, 2.75) is 6.42 Å². The van der Waals surface area contributed by atoms with E-state index in [1.165, 1.54) is 29.6 Å². The minimum atomic E-state index is 1.13. The molecular weight excluding hydrogens is 210 g/mol. The van der Waals surface area contributed by atoms with Gasteiger partial charge in [-0.3, -0.25) is 0 Å². The summed E-state index contributed by atoms with van der Waals surface area (Å²) >= 11 is 0. The number of H-pyrrole nitrogens is 1. The number of likely N-dealkylation sites (N-methyl/N-ethyl adjacent to an activating group) is 1. The number of hydrogen-bond acceptors (Lipinski definition) is 2. The van der Waals surface area contributed by atoms with E-state index in [1.54, 1.807) is 0 Å². The maximum absolute atomic E-state index is 3.29. The van der Waals surface area contributed by atoms with E-state index < -0.39 is 0 Å². The molecule has 1 aromatic carbocycles. The van der Waals surface area contributed by atoms with Crippen LogP contribution in [0.15, 0.2) is 30.5 Å². The highest BCUT2D eigenvalue weighted by Gasteiger charge is 2.14. The van der Waals surface area contributed by atoms with Crippen LogP contribution in [0.5, 0.6) is 0 Å². The smallest absolute Gasteiger partial charge is 0.0474 e. The van der Waals surface area contributed by atoms with Gasteiger partial charge in [-0.15, -0.1) is 0 Å². The van der Waals surface area contributed by atoms with Crippen molar-refractivity contribution in [3.8, 4) is 0 Å². The van der Waals surface area contributed by atoms with E-state index in [0.29, 0.717) is 0 Å². The Hall–Kier alpha value is -1.48. The van der Waals surface area contributed by atoms with Gasteiger partial charge < -0.3 is 14.8 Å². The summed E-state index contributed by atoms with van der Waals surface area (Å²) in [5, 5.41) is 1.34. The van der Waals surface area contributed by atoms with E-state index in [1.807, 2.05) is 6.20 Å². The minimum Gasteiger partial charge on any atom is -0.370 e. The molecule has 1 aromatic heterocycles. The molecule has 3 nitrogen and oxygen atoms in total. The quantitative estimate of drug-likeness (QED) is 0.810. The van der Waals surface area contributed by atoms with Crippen LogP contribution in [-0.2, 0) is 0 Å². The molecule has 1 N–H and O–H groups in total. The Morgan fingerprint density at radius 1 is 1.06 bits per heavy atom. The van der Waals surface area contributed by atoms with E-state index in [2.05, 4.69) is 46.1 Å². The van der Waals surface area contributed by atoms with Gasteiger partial charge in [0.1, 0.15) is 0 Å². The van der Waals surface area contributed by atoms with Crippen LogP contribution in [0.3, 0.4) is 0 Å². The number of fused-ring (bicyclic) bond motifs is 1. The van der Waals surface area contributed by atoms with Crippen molar-refractivity contribution in [2.24, 2.45) is 0 Å². The molecule has 2 aromatic rings. The van der Waals surface area contributed by atoms with Gasteiger partial charge in [-0.2, -0.15) is 0 Å². The fourth-order valence-corrected chi connectivity index (χ4v) is 2.63.